The van der Waals surface area contributed by atoms with E-state index in [4.69, 9.17) is 4.74 Å². The summed E-state index contributed by atoms with van der Waals surface area (Å²) in [6.45, 7) is 5.00. The zero-order valence-corrected chi connectivity index (χ0v) is 63.1. The first kappa shape index (κ1) is 90.6. The van der Waals surface area contributed by atoms with Gasteiger partial charge in [-0.3, -0.25) is 9.59 Å². The van der Waals surface area contributed by atoms with Gasteiger partial charge in [-0.1, -0.05) is 450 Å². The Morgan fingerprint density at radius 3 is 0.772 bits per heavy atom. The predicted molar refractivity (Wildman–Crippen MR) is 407 cm³/mol. The molecule has 3 N–H and O–H groups in total. The van der Waals surface area contributed by atoms with E-state index in [1.54, 1.807) is 0 Å². The Morgan fingerprint density at radius 2 is 0.511 bits per heavy atom. The molecule has 0 fully saturated rings. The molecule has 0 aromatic carbocycles. The molecule has 0 aromatic heterocycles. The quantitative estimate of drug-likeness (QED) is 0.0320. The second kappa shape index (κ2) is 82.0. The van der Waals surface area contributed by atoms with Crippen molar-refractivity contribution < 1.29 is 24.5 Å². The van der Waals surface area contributed by atoms with E-state index in [2.05, 4.69) is 31.3 Å². The van der Waals surface area contributed by atoms with Crippen LogP contribution in [0.15, 0.2) is 12.2 Å². The highest BCUT2D eigenvalue weighted by molar-refractivity contribution is 5.76. The molecule has 0 heterocycles. The molecule has 0 aliphatic heterocycles. The van der Waals surface area contributed by atoms with E-state index in [0.29, 0.717) is 25.9 Å². The number of hydrogen-bond donors (Lipinski definition) is 3. The van der Waals surface area contributed by atoms with Crippen LogP contribution in [0.4, 0.5) is 0 Å². The summed E-state index contributed by atoms with van der Waals surface area (Å²) in [6.07, 6.45) is 105. The van der Waals surface area contributed by atoms with Crippen LogP contribution >= 0.6 is 0 Å². The highest BCUT2D eigenvalue weighted by Gasteiger charge is 2.20. The van der Waals surface area contributed by atoms with Crippen molar-refractivity contribution >= 4 is 11.9 Å². The number of rotatable bonds is 82. The average molecular weight is 1300 g/mol. The number of carbonyl (C=O) groups excluding carboxylic acids is 2. The second-order valence-electron chi connectivity index (χ2n) is 29.9. The van der Waals surface area contributed by atoms with Crippen molar-refractivity contribution in [3.8, 4) is 0 Å². The molecule has 6 heteroatoms. The van der Waals surface area contributed by atoms with E-state index in [1.165, 1.54) is 424 Å². The van der Waals surface area contributed by atoms with Crippen LogP contribution in [0, 0.1) is 0 Å². The molecule has 0 aromatic rings. The number of carbonyl (C=O) groups is 2. The van der Waals surface area contributed by atoms with Crippen LogP contribution in [-0.2, 0) is 14.3 Å². The molecule has 92 heavy (non-hydrogen) atoms. The summed E-state index contributed by atoms with van der Waals surface area (Å²) in [6, 6.07) is -0.537. The third-order valence-electron chi connectivity index (χ3n) is 20.6. The van der Waals surface area contributed by atoms with Crippen molar-refractivity contribution in [1.82, 2.24) is 5.32 Å². The summed E-state index contributed by atoms with van der Waals surface area (Å²) < 4.78 is 5.50. The van der Waals surface area contributed by atoms with Crippen LogP contribution in [-0.4, -0.2) is 47.4 Å². The van der Waals surface area contributed by atoms with E-state index >= 15 is 0 Å². The molecule has 0 saturated carbocycles. The van der Waals surface area contributed by atoms with Crippen molar-refractivity contribution in [2.24, 2.45) is 0 Å². The molecule has 0 saturated heterocycles. The SMILES string of the molecule is CCCCCCC/C=C\CCCCCCCC(=O)OCCCCCCCCCCCCCCCCCCCCCCCCCCCCCCCCCCCCCCCCCC(=O)NC(CO)C(O)CCCCCCCCCCCCCCCCCCCCCCCC. The van der Waals surface area contributed by atoms with Gasteiger partial charge in [0, 0.05) is 12.8 Å². The van der Waals surface area contributed by atoms with E-state index in [1.807, 2.05) is 0 Å². The second-order valence-corrected chi connectivity index (χ2v) is 29.9. The fourth-order valence-electron chi connectivity index (χ4n) is 14.1. The molecule has 1 amide bonds. The number of hydrogen-bond acceptors (Lipinski definition) is 5. The Balaban J connectivity index is 3.29. The van der Waals surface area contributed by atoms with Crippen molar-refractivity contribution in [3.05, 3.63) is 12.2 Å². The van der Waals surface area contributed by atoms with Crippen LogP contribution in [0.1, 0.15) is 502 Å². The molecular formula is C86H169NO5. The van der Waals surface area contributed by atoms with Gasteiger partial charge in [-0.15, -0.1) is 0 Å². The van der Waals surface area contributed by atoms with Gasteiger partial charge >= 0.3 is 5.97 Å². The lowest BCUT2D eigenvalue weighted by Gasteiger charge is -2.22. The highest BCUT2D eigenvalue weighted by Crippen LogP contribution is 2.21. The largest absolute Gasteiger partial charge is 0.466 e. The third kappa shape index (κ3) is 77.6. The number of aliphatic hydroxyl groups is 2. The van der Waals surface area contributed by atoms with Crippen LogP contribution in [0.2, 0.25) is 0 Å². The van der Waals surface area contributed by atoms with Gasteiger partial charge in [0.15, 0.2) is 0 Å². The van der Waals surface area contributed by atoms with Gasteiger partial charge in [0.1, 0.15) is 0 Å². The maximum atomic E-state index is 12.6. The lowest BCUT2D eigenvalue weighted by Crippen LogP contribution is -2.45. The van der Waals surface area contributed by atoms with Gasteiger partial charge in [-0.25, -0.2) is 0 Å². The summed E-state index contributed by atoms with van der Waals surface area (Å²) >= 11 is 0. The molecule has 2 unspecified atom stereocenters. The Hall–Kier alpha value is -1.40. The standard InChI is InChI=1S/C86H169NO5/c1-3-5-7-9-11-13-15-17-19-20-21-22-42-45-48-51-54-58-62-66-70-74-78-84(89)83(82-88)87-85(90)79-75-71-67-63-59-55-52-49-46-43-40-38-36-34-32-30-28-26-24-23-25-27-29-31-33-35-37-39-41-44-47-50-53-57-61-65-69-73-77-81-92-86(91)80-76-72-68-64-60-56-18-16-14-12-10-8-6-4-2/h16,18,83-84,88-89H,3-15,17,19-82H2,1-2H3,(H,87,90)/b18-16-. The topological polar surface area (TPSA) is 95.9 Å². The van der Waals surface area contributed by atoms with Crippen LogP contribution in [0.5, 0.6) is 0 Å². The number of amides is 1. The summed E-state index contributed by atoms with van der Waals surface area (Å²) in [4.78, 5) is 24.7. The van der Waals surface area contributed by atoms with E-state index < -0.39 is 12.1 Å². The third-order valence-corrected chi connectivity index (χ3v) is 20.6. The number of allylic oxidation sites excluding steroid dienone is 2. The van der Waals surface area contributed by atoms with Gasteiger partial charge < -0.3 is 20.3 Å². The fourth-order valence-corrected chi connectivity index (χ4v) is 14.1. The van der Waals surface area contributed by atoms with Crippen LogP contribution < -0.4 is 5.32 Å². The van der Waals surface area contributed by atoms with Gasteiger partial charge in [0.05, 0.1) is 25.4 Å². The summed E-state index contributed by atoms with van der Waals surface area (Å²) in [5, 5.41) is 23.5. The minimum Gasteiger partial charge on any atom is -0.466 e. The summed E-state index contributed by atoms with van der Waals surface area (Å²) in [5.74, 6) is -0.00584. The van der Waals surface area contributed by atoms with E-state index in [9.17, 15) is 19.8 Å². The first-order valence-corrected chi connectivity index (χ1v) is 42.9. The first-order chi connectivity index (χ1) is 45.5. The number of unbranched alkanes of at least 4 members (excludes halogenated alkanes) is 69. The monoisotopic (exact) mass is 1300 g/mol. The molecule has 6 nitrogen and oxygen atoms in total. The molecule has 0 aliphatic carbocycles. The fraction of sp³-hybridized carbons (Fsp3) is 0.953. The number of esters is 1. The lowest BCUT2D eigenvalue weighted by molar-refractivity contribution is -0.143. The predicted octanol–water partition coefficient (Wildman–Crippen LogP) is 28.6. The Morgan fingerprint density at radius 1 is 0.293 bits per heavy atom. The summed E-state index contributed by atoms with van der Waals surface area (Å²) in [5.41, 5.74) is 0. The molecule has 0 rings (SSSR count). The highest BCUT2D eigenvalue weighted by atomic mass is 16.5. The minimum atomic E-state index is -0.661. The zero-order valence-electron chi connectivity index (χ0n) is 63.1. The maximum absolute atomic E-state index is 12.6. The Labute approximate surface area is 578 Å². The average Bonchev–Trinajstić information content (AvgIpc) is 3.67. The van der Waals surface area contributed by atoms with Gasteiger partial charge in [0.25, 0.3) is 0 Å². The van der Waals surface area contributed by atoms with Crippen molar-refractivity contribution in [2.75, 3.05) is 13.2 Å². The minimum absolute atomic E-state index is 0.0167. The molecule has 0 radical (unpaired) electrons. The number of aliphatic hydroxyl groups excluding tert-OH is 2. The Kier molecular flexibility index (Phi) is 80.8. The zero-order chi connectivity index (χ0) is 66.3. The van der Waals surface area contributed by atoms with Gasteiger partial charge in [-0.05, 0) is 51.4 Å². The van der Waals surface area contributed by atoms with Gasteiger partial charge in [-0.2, -0.15) is 0 Å². The van der Waals surface area contributed by atoms with Crippen LogP contribution in [0.3, 0.4) is 0 Å². The molecule has 0 spiro atoms. The van der Waals surface area contributed by atoms with E-state index in [0.717, 1.165) is 44.9 Å². The Bertz CT molecular complexity index is 1400. The smallest absolute Gasteiger partial charge is 0.305 e. The molecular weight excluding hydrogens is 1130 g/mol. The normalized spacial score (nSPS) is 12.4. The van der Waals surface area contributed by atoms with Crippen molar-refractivity contribution in [1.29, 1.82) is 0 Å². The molecule has 548 valence electrons. The van der Waals surface area contributed by atoms with Gasteiger partial charge in [0.2, 0.25) is 5.91 Å². The van der Waals surface area contributed by atoms with Crippen molar-refractivity contribution in [2.45, 2.75) is 514 Å². The summed E-state index contributed by atoms with van der Waals surface area (Å²) in [7, 11) is 0. The van der Waals surface area contributed by atoms with Crippen LogP contribution in [0.25, 0.3) is 0 Å². The first-order valence-electron chi connectivity index (χ1n) is 42.9. The number of nitrogens with one attached hydrogen (secondary N) is 1. The molecule has 0 aliphatic rings. The maximum Gasteiger partial charge on any atom is 0.305 e. The molecule has 2 atom stereocenters. The van der Waals surface area contributed by atoms with Crippen molar-refractivity contribution in [3.63, 3.8) is 0 Å². The number of ether oxygens (including phenoxy) is 1. The molecule has 0 bridgehead atoms. The lowest BCUT2D eigenvalue weighted by atomic mass is 10.0. The van der Waals surface area contributed by atoms with E-state index in [-0.39, 0.29) is 18.5 Å².